The summed E-state index contributed by atoms with van der Waals surface area (Å²) in [7, 11) is -3.50. The number of rotatable bonds is 5. The van der Waals surface area contributed by atoms with Gasteiger partial charge in [-0.05, 0) is 63.8 Å². The standard InChI is InChI=1S/C24H32FN5O4S/c1-17-15-28(22-5-4-19(14-20(22)25)35(3,33)34)12-13-29(17)30(18-6-9-24(2,32)10-7-18)23(31)21-8-11-26-16-27-21/h4-5,8,11,14,16-18,32H,6-7,9-10,12-13,15H2,1-3H3/t17-,18?,24?/m1/s1. The molecule has 1 aliphatic carbocycles. The van der Waals surface area contributed by atoms with Crippen LogP contribution < -0.4 is 4.90 Å². The lowest BCUT2D eigenvalue weighted by Gasteiger charge is -2.50. The van der Waals surface area contributed by atoms with Gasteiger partial charge in [-0.1, -0.05) is 0 Å². The Bertz CT molecular complexity index is 1170. The number of benzene rings is 1. The molecule has 11 heteroatoms. The molecule has 0 spiro atoms. The zero-order valence-corrected chi connectivity index (χ0v) is 21.1. The fourth-order valence-electron chi connectivity index (χ4n) is 4.96. The van der Waals surface area contributed by atoms with Crippen molar-refractivity contribution in [3.05, 3.63) is 48.3 Å². The van der Waals surface area contributed by atoms with Gasteiger partial charge in [0.25, 0.3) is 5.91 Å². The number of aliphatic hydroxyl groups is 1. The van der Waals surface area contributed by atoms with Crippen molar-refractivity contribution in [2.75, 3.05) is 30.8 Å². The van der Waals surface area contributed by atoms with E-state index in [1.54, 1.807) is 11.1 Å². The zero-order valence-electron chi connectivity index (χ0n) is 20.3. The van der Waals surface area contributed by atoms with Crippen molar-refractivity contribution in [2.45, 2.75) is 62.1 Å². The molecule has 0 unspecified atom stereocenters. The second-order valence-electron chi connectivity index (χ2n) is 9.82. The third-order valence-electron chi connectivity index (χ3n) is 6.94. The molecule has 1 aromatic carbocycles. The van der Waals surface area contributed by atoms with E-state index in [1.165, 1.54) is 24.7 Å². The van der Waals surface area contributed by atoms with Gasteiger partial charge in [-0.15, -0.1) is 0 Å². The van der Waals surface area contributed by atoms with Crippen molar-refractivity contribution in [2.24, 2.45) is 0 Å². The number of amides is 1. The van der Waals surface area contributed by atoms with Crippen molar-refractivity contribution in [3.63, 3.8) is 0 Å². The van der Waals surface area contributed by atoms with Crippen molar-refractivity contribution in [1.82, 2.24) is 20.0 Å². The maximum Gasteiger partial charge on any atom is 0.287 e. The molecule has 0 radical (unpaired) electrons. The lowest BCUT2D eigenvalue weighted by atomic mass is 9.83. The van der Waals surface area contributed by atoms with Gasteiger partial charge in [-0.2, -0.15) is 0 Å². The Hall–Kier alpha value is -2.63. The number of piperazine rings is 1. The number of halogens is 1. The van der Waals surface area contributed by atoms with Crippen molar-refractivity contribution in [1.29, 1.82) is 0 Å². The maximum atomic E-state index is 14.8. The predicted octanol–water partition coefficient (Wildman–Crippen LogP) is 2.28. The average Bonchev–Trinajstić information content (AvgIpc) is 2.81. The number of nitrogens with zero attached hydrogens (tertiary/aromatic N) is 5. The van der Waals surface area contributed by atoms with Crippen LogP contribution in [-0.2, 0) is 9.84 Å². The second-order valence-corrected chi connectivity index (χ2v) is 11.8. The predicted molar refractivity (Wildman–Crippen MR) is 129 cm³/mol. The monoisotopic (exact) mass is 505 g/mol. The SMILES string of the molecule is C[C@@H]1CN(c2ccc(S(C)(=O)=O)cc2F)CCN1N(C(=O)c1ccncn1)C1CCC(C)(O)CC1. The summed E-state index contributed by atoms with van der Waals surface area (Å²) in [6.45, 7) is 5.18. The van der Waals surface area contributed by atoms with E-state index in [4.69, 9.17) is 0 Å². The van der Waals surface area contributed by atoms with Crippen LogP contribution in [-0.4, -0.2) is 83.0 Å². The highest BCUT2D eigenvalue weighted by molar-refractivity contribution is 7.90. The molecule has 2 aliphatic rings. The minimum atomic E-state index is -3.50. The quantitative estimate of drug-likeness (QED) is 0.660. The molecule has 1 amide bonds. The first-order valence-corrected chi connectivity index (χ1v) is 13.7. The van der Waals surface area contributed by atoms with E-state index in [1.807, 2.05) is 23.8 Å². The van der Waals surface area contributed by atoms with E-state index in [0.717, 1.165) is 12.3 Å². The number of hydrogen-bond acceptors (Lipinski definition) is 8. The largest absolute Gasteiger partial charge is 0.390 e. The smallest absolute Gasteiger partial charge is 0.287 e. The molecular formula is C24H32FN5O4S. The first-order chi connectivity index (χ1) is 16.5. The molecule has 1 saturated carbocycles. The molecule has 1 atom stereocenters. The lowest BCUT2D eigenvalue weighted by molar-refractivity contribution is -0.0897. The first-order valence-electron chi connectivity index (χ1n) is 11.8. The van der Waals surface area contributed by atoms with Gasteiger partial charge < -0.3 is 10.0 Å². The van der Waals surface area contributed by atoms with E-state index in [-0.39, 0.29) is 22.9 Å². The molecule has 35 heavy (non-hydrogen) atoms. The van der Waals surface area contributed by atoms with Crippen LogP contribution in [0.2, 0.25) is 0 Å². The van der Waals surface area contributed by atoms with Crippen molar-refractivity contribution < 1.29 is 22.7 Å². The molecule has 2 aromatic rings. The zero-order chi connectivity index (χ0) is 25.4. The van der Waals surface area contributed by atoms with Crippen LogP contribution >= 0.6 is 0 Å². The van der Waals surface area contributed by atoms with Crippen molar-refractivity contribution in [3.8, 4) is 0 Å². The number of hydrogen-bond donors (Lipinski definition) is 1. The van der Waals surface area contributed by atoms with Gasteiger partial charge in [0, 0.05) is 44.2 Å². The second kappa shape index (κ2) is 9.79. The van der Waals surface area contributed by atoms with Gasteiger partial charge in [0.05, 0.1) is 16.2 Å². The Kier molecular flexibility index (Phi) is 7.12. The average molecular weight is 506 g/mol. The molecule has 1 N–H and O–H groups in total. The van der Waals surface area contributed by atoms with Gasteiger partial charge in [0.1, 0.15) is 17.8 Å². The van der Waals surface area contributed by atoms with E-state index >= 15 is 0 Å². The summed E-state index contributed by atoms with van der Waals surface area (Å²) in [6.07, 6.45) is 6.46. The van der Waals surface area contributed by atoms with Crippen LogP contribution in [0, 0.1) is 5.82 Å². The molecular weight excluding hydrogens is 473 g/mol. The topological polar surface area (TPSA) is 107 Å². The third-order valence-corrected chi connectivity index (χ3v) is 8.05. The summed E-state index contributed by atoms with van der Waals surface area (Å²) in [5.74, 6) is -0.806. The molecule has 4 rings (SSSR count). The van der Waals surface area contributed by atoms with E-state index < -0.39 is 21.3 Å². The van der Waals surface area contributed by atoms with Crippen LogP contribution in [0.4, 0.5) is 10.1 Å². The number of carbonyl (C=O) groups is 1. The maximum absolute atomic E-state index is 14.8. The van der Waals surface area contributed by atoms with E-state index in [2.05, 4.69) is 9.97 Å². The minimum Gasteiger partial charge on any atom is -0.390 e. The number of anilines is 1. The van der Waals surface area contributed by atoms with Crippen LogP contribution in [0.3, 0.4) is 0 Å². The van der Waals surface area contributed by atoms with Gasteiger partial charge in [-0.3, -0.25) is 9.80 Å². The highest BCUT2D eigenvalue weighted by atomic mass is 32.2. The van der Waals surface area contributed by atoms with Gasteiger partial charge in [-0.25, -0.2) is 27.8 Å². The van der Waals surface area contributed by atoms with E-state index in [0.29, 0.717) is 56.7 Å². The fraction of sp³-hybridized carbons (Fsp3) is 0.542. The molecule has 190 valence electrons. The van der Waals surface area contributed by atoms with E-state index in [9.17, 15) is 22.7 Å². The highest BCUT2D eigenvalue weighted by Crippen LogP contribution is 2.33. The highest BCUT2D eigenvalue weighted by Gasteiger charge is 2.40. The molecule has 0 bridgehead atoms. The summed E-state index contributed by atoms with van der Waals surface area (Å²) in [4.78, 5) is 23.5. The first kappa shape index (κ1) is 25.5. The molecule has 1 saturated heterocycles. The van der Waals surface area contributed by atoms with Gasteiger partial charge in [0.15, 0.2) is 9.84 Å². The van der Waals surface area contributed by atoms with Gasteiger partial charge >= 0.3 is 0 Å². The number of hydrazine groups is 1. The fourth-order valence-corrected chi connectivity index (χ4v) is 5.59. The normalized spacial score (nSPS) is 25.9. The summed E-state index contributed by atoms with van der Waals surface area (Å²) in [6, 6.07) is 5.35. The molecule has 1 aliphatic heterocycles. The van der Waals surface area contributed by atoms with Crippen LogP contribution in [0.15, 0.2) is 41.7 Å². The van der Waals surface area contributed by atoms with Crippen LogP contribution in [0.25, 0.3) is 0 Å². The van der Waals surface area contributed by atoms with Gasteiger partial charge in [0.2, 0.25) is 0 Å². The summed E-state index contributed by atoms with van der Waals surface area (Å²) in [5, 5.41) is 14.2. The summed E-state index contributed by atoms with van der Waals surface area (Å²) >= 11 is 0. The number of aromatic nitrogens is 2. The number of carbonyl (C=O) groups excluding carboxylic acids is 1. The Morgan fingerprint density at radius 1 is 1.23 bits per heavy atom. The summed E-state index contributed by atoms with van der Waals surface area (Å²) < 4.78 is 38.4. The lowest BCUT2D eigenvalue weighted by Crippen LogP contribution is -2.63. The number of sulfone groups is 1. The third kappa shape index (κ3) is 5.62. The van der Waals surface area contributed by atoms with Crippen LogP contribution in [0.5, 0.6) is 0 Å². The van der Waals surface area contributed by atoms with Crippen molar-refractivity contribution >= 4 is 21.4 Å². The minimum absolute atomic E-state index is 0.0553. The Labute approximate surface area is 205 Å². The Morgan fingerprint density at radius 3 is 2.51 bits per heavy atom. The molecule has 9 nitrogen and oxygen atoms in total. The Balaban J connectivity index is 1.56. The molecule has 2 heterocycles. The summed E-state index contributed by atoms with van der Waals surface area (Å²) in [5.41, 5.74) is -0.0965. The van der Waals surface area contributed by atoms with Crippen LogP contribution in [0.1, 0.15) is 50.0 Å². The Morgan fingerprint density at radius 2 is 1.94 bits per heavy atom. The molecule has 2 fully saturated rings. The molecule has 1 aromatic heterocycles.